The molecule has 0 atom stereocenters. The van der Waals surface area contributed by atoms with Gasteiger partial charge in [0.2, 0.25) is 5.88 Å². The molecule has 7 heteroatoms. The van der Waals surface area contributed by atoms with Gasteiger partial charge in [-0.05, 0) is 49.6 Å². The fraction of sp³-hybridized carbons (Fsp3) is 0.154. The van der Waals surface area contributed by atoms with E-state index >= 15 is 0 Å². The number of halogens is 4. The molecule has 0 bridgehead atoms. The summed E-state index contributed by atoms with van der Waals surface area (Å²) >= 11 is 18.6. The van der Waals surface area contributed by atoms with Gasteiger partial charge < -0.3 is 9.47 Å². The smallest absolute Gasteiger partial charge is 0.219 e. The Morgan fingerprint density at radius 2 is 1.80 bits per heavy atom. The molecule has 106 valence electrons. The zero-order valence-corrected chi connectivity index (χ0v) is 15.0. The van der Waals surface area contributed by atoms with Gasteiger partial charge in [0, 0.05) is 18.1 Å². The number of hydrogen-bond donors (Lipinski definition) is 0. The monoisotopic (exact) mass is 439 g/mol. The van der Waals surface area contributed by atoms with E-state index in [1.54, 1.807) is 25.3 Å². The summed E-state index contributed by atoms with van der Waals surface area (Å²) in [6.45, 7) is 0. The van der Waals surface area contributed by atoms with E-state index in [1.807, 2.05) is 0 Å². The molecular formula is C13H9Br2Cl2NO2. The Hall–Kier alpha value is -0.490. The quantitative estimate of drug-likeness (QED) is 0.562. The van der Waals surface area contributed by atoms with Crippen LogP contribution in [-0.4, -0.2) is 12.1 Å². The summed E-state index contributed by atoms with van der Waals surface area (Å²) in [6.07, 6.45) is 1.51. The highest BCUT2D eigenvalue weighted by Gasteiger charge is 2.11. The van der Waals surface area contributed by atoms with Crippen LogP contribution in [0.25, 0.3) is 0 Å². The summed E-state index contributed by atoms with van der Waals surface area (Å²) in [6, 6.07) is 5.30. The van der Waals surface area contributed by atoms with Crippen molar-refractivity contribution in [3.63, 3.8) is 0 Å². The maximum Gasteiger partial charge on any atom is 0.219 e. The highest BCUT2D eigenvalue weighted by molar-refractivity contribution is 9.11. The molecule has 3 nitrogen and oxygen atoms in total. The van der Waals surface area contributed by atoms with E-state index < -0.39 is 0 Å². The molecule has 1 aromatic heterocycles. The third-order valence-corrected chi connectivity index (χ3v) is 4.34. The lowest BCUT2D eigenvalue weighted by molar-refractivity contribution is 0.408. The van der Waals surface area contributed by atoms with Crippen LogP contribution in [0, 0.1) is 0 Å². The van der Waals surface area contributed by atoms with Crippen LogP contribution in [0.5, 0.6) is 17.4 Å². The second-order valence-corrected chi connectivity index (χ2v) is 6.15. The average molecular weight is 442 g/mol. The molecule has 1 heterocycles. The summed E-state index contributed by atoms with van der Waals surface area (Å²) in [5, 5.41) is 0.516. The molecule has 0 saturated carbocycles. The molecule has 0 aliphatic carbocycles. The van der Waals surface area contributed by atoms with Crippen LogP contribution < -0.4 is 9.47 Å². The summed E-state index contributed by atoms with van der Waals surface area (Å²) in [5.41, 5.74) is 0.766. The van der Waals surface area contributed by atoms with Gasteiger partial charge in [-0.3, -0.25) is 0 Å². The zero-order chi connectivity index (χ0) is 14.7. The van der Waals surface area contributed by atoms with Gasteiger partial charge in [-0.15, -0.1) is 11.6 Å². The Kier molecular flexibility index (Phi) is 5.55. The van der Waals surface area contributed by atoms with Crippen molar-refractivity contribution in [1.82, 2.24) is 4.98 Å². The minimum Gasteiger partial charge on any atom is -0.496 e. The van der Waals surface area contributed by atoms with Gasteiger partial charge in [0.1, 0.15) is 11.5 Å². The van der Waals surface area contributed by atoms with E-state index in [0.29, 0.717) is 28.3 Å². The number of aromatic nitrogens is 1. The molecular weight excluding hydrogens is 433 g/mol. The van der Waals surface area contributed by atoms with Crippen LogP contribution >= 0.6 is 55.1 Å². The zero-order valence-electron chi connectivity index (χ0n) is 10.3. The third-order valence-electron chi connectivity index (χ3n) is 2.47. The largest absolute Gasteiger partial charge is 0.496 e. The van der Waals surface area contributed by atoms with Crippen LogP contribution in [-0.2, 0) is 5.88 Å². The normalized spacial score (nSPS) is 10.4. The van der Waals surface area contributed by atoms with Gasteiger partial charge in [0.25, 0.3) is 0 Å². The maximum atomic E-state index is 5.96. The van der Waals surface area contributed by atoms with Gasteiger partial charge in [-0.25, -0.2) is 4.98 Å². The van der Waals surface area contributed by atoms with Crippen molar-refractivity contribution in [2.45, 2.75) is 5.88 Å². The molecule has 0 N–H and O–H groups in total. The molecule has 0 spiro atoms. The molecule has 0 amide bonds. The highest BCUT2D eigenvalue weighted by atomic mass is 79.9. The van der Waals surface area contributed by atoms with Crippen molar-refractivity contribution in [3.05, 3.63) is 43.9 Å². The molecule has 0 saturated heterocycles. The van der Waals surface area contributed by atoms with E-state index in [0.717, 1.165) is 14.5 Å². The number of alkyl halides is 1. The van der Waals surface area contributed by atoms with Crippen molar-refractivity contribution < 1.29 is 9.47 Å². The maximum absolute atomic E-state index is 5.96. The third kappa shape index (κ3) is 3.58. The molecule has 0 aliphatic rings. The first kappa shape index (κ1) is 15.9. The predicted molar refractivity (Wildman–Crippen MR) is 87.3 cm³/mol. The second kappa shape index (κ2) is 6.98. The molecule has 2 aromatic rings. The van der Waals surface area contributed by atoms with E-state index in [2.05, 4.69) is 36.8 Å². The van der Waals surface area contributed by atoms with Crippen molar-refractivity contribution in [3.8, 4) is 17.4 Å². The first-order valence-corrected chi connectivity index (χ1v) is 7.96. The number of rotatable bonds is 4. The Balaban J connectivity index is 2.32. The van der Waals surface area contributed by atoms with Gasteiger partial charge in [0.05, 0.1) is 21.1 Å². The Morgan fingerprint density at radius 3 is 2.45 bits per heavy atom. The number of ether oxygens (including phenoxy) is 2. The van der Waals surface area contributed by atoms with Crippen LogP contribution in [0.15, 0.2) is 33.3 Å². The van der Waals surface area contributed by atoms with Crippen LogP contribution in [0.1, 0.15) is 5.56 Å². The molecule has 0 radical (unpaired) electrons. The Labute approximate surface area is 143 Å². The number of methoxy groups -OCH3 is 1. The first-order valence-electron chi connectivity index (χ1n) is 5.46. The van der Waals surface area contributed by atoms with Gasteiger partial charge in [0.15, 0.2) is 0 Å². The topological polar surface area (TPSA) is 31.4 Å². The van der Waals surface area contributed by atoms with Gasteiger partial charge in [-0.1, -0.05) is 11.6 Å². The fourth-order valence-electron chi connectivity index (χ4n) is 1.47. The first-order chi connectivity index (χ1) is 9.55. The Bertz CT molecular complexity index is 638. The lowest BCUT2D eigenvalue weighted by atomic mass is 10.3. The van der Waals surface area contributed by atoms with Gasteiger partial charge >= 0.3 is 0 Å². The second-order valence-electron chi connectivity index (χ2n) is 3.77. The van der Waals surface area contributed by atoms with Crippen LogP contribution in [0.2, 0.25) is 5.02 Å². The summed E-state index contributed by atoms with van der Waals surface area (Å²) in [5.74, 6) is 2.02. The van der Waals surface area contributed by atoms with E-state index in [4.69, 9.17) is 32.7 Å². The molecule has 0 fully saturated rings. The van der Waals surface area contributed by atoms with E-state index in [1.165, 1.54) is 6.20 Å². The van der Waals surface area contributed by atoms with Crippen molar-refractivity contribution in [2.75, 3.05) is 7.11 Å². The number of nitrogens with zero attached hydrogens (tertiary/aromatic N) is 1. The number of hydrogen-bond acceptors (Lipinski definition) is 3. The summed E-state index contributed by atoms with van der Waals surface area (Å²) < 4.78 is 12.5. The number of pyridine rings is 1. The average Bonchev–Trinajstić information content (AvgIpc) is 2.44. The van der Waals surface area contributed by atoms with Crippen LogP contribution in [0.4, 0.5) is 0 Å². The highest BCUT2D eigenvalue weighted by Crippen LogP contribution is 2.38. The summed E-state index contributed by atoms with van der Waals surface area (Å²) in [4.78, 5) is 4.12. The van der Waals surface area contributed by atoms with Crippen molar-refractivity contribution >= 4 is 55.1 Å². The molecule has 2 rings (SSSR count). The van der Waals surface area contributed by atoms with Gasteiger partial charge in [-0.2, -0.15) is 0 Å². The lowest BCUT2D eigenvalue weighted by Crippen LogP contribution is -1.93. The number of benzene rings is 1. The minimum absolute atomic E-state index is 0.297. The Morgan fingerprint density at radius 1 is 1.15 bits per heavy atom. The SMILES string of the molecule is COc1cc(Br)c(Oc2cc(CCl)c(Cl)cn2)cc1Br. The lowest BCUT2D eigenvalue weighted by Gasteiger charge is -2.11. The van der Waals surface area contributed by atoms with E-state index in [-0.39, 0.29) is 0 Å². The van der Waals surface area contributed by atoms with Crippen molar-refractivity contribution in [2.24, 2.45) is 0 Å². The van der Waals surface area contributed by atoms with E-state index in [9.17, 15) is 0 Å². The minimum atomic E-state index is 0.297. The van der Waals surface area contributed by atoms with Crippen LogP contribution in [0.3, 0.4) is 0 Å². The van der Waals surface area contributed by atoms with Crippen molar-refractivity contribution in [1.29, 1.82) is 0 Å². The predicted octanol–water partition coefficient (Wildman–Crippen LogP) is 5.80. The summed E-state index contributed by atoms with van der Waals surface area (Å²) in [7, 11) is 1.60. The molecule has 0 aliphatic heterocycles. The molecule has 0 unspecified atom stereocenters. The molecule has 20 heavy (non-hydrogen) atoms. The fourth-order valence-corrected chi connectivity index (χ4v) is 2.82. The standard InChI is InChI=1S/C13H9Br2Cl2NO2/c1-19-11-3-9(15)12(4-8(11)14)20-13-2-7(5-16)10(17)6-18-13/h2-4,6H,5H2,1H3. The molecule has 1 aromatic carbocycles.